The number of hydrogen-bond acceptors (Lipinski definition) is 7. The number of allylic oxidation sites excluding steroid dienone is 3. The Bertz CT molecular complexity index is 1400. The van der Waals surface area contributed by atoms with Crippen LogP contribution in [0.2, 0.25) is 5.02 Å². The summed E-state index contributed by atoms with van der Waals surface area (Å²) in [6, 6.07) is 7.15. The minimum Gasteiger partial charge on any atom is -0.495 e. The van der Waals surface area contributed by atoms with Crippen LogP contribution in [-0.4, -0.2) is 57.9 Å². The Hall–Kier alpha value is -2.52. The molecule has 1 aromatic carbocycles. The molecule has 2 atom stereocenters. The quantitative estimate of drug-likeness (QED) is 0.0884. The second kappa shape index (κ2) is 26.4. The first kappa shape index (κ1) is 50.5. The maximum atomic E-state index is 13.3. The van der Waals surface area contributed by atoms with Gasteiger partial charge in [-0.2, -0.15) is 0 Å². The first-order chi connectivity index (χ1) is 26.1. The number of thioether (sulfide) groups is 1. The molecule has 0 aromatic heterocycles. The summed E-state index contributed by atoms with van der Waals surface area (Å²) in [6.45, 7) is 27.9. The zero-order chi connectivity index (χ0) is 41.7. The molecule has 2 amide bonds. The highest BCUT2D eigenvalue weighted by molar-refractivity contribution is 8.05. The molecular formula is C43H73ClN5O4PS. The zero-order valence-corrected chi connectivity index (χ0v) is 38.4. The van der Waals surface area contributed by atoms with Crippen molar-refractivity contribution in [2.45, 2.75) is 172 Å². The summed E-state index contributed by atoms with van der Waals surface area (Å²) in [5.41, 5.74) is 4.87. The van der Waals surface area contributed by atoms with E-state index in [4.69, 9.17) is 11.6 Å². The van der Waals surface area contributed by atoms with Crippen molar-refractivity contribution in [3.8, 4) is 0 Å². The molecule has 1 saturated heterocycles. The summed E-state index contributed by atoms with van der Waals surface area (Å²) in [7, 11) is 0.0864. The topological polar surface area (TPSA) is 114 Å². The van der Waals surface area contributed by atoms with Crippen molar-refractivity contribution in [2.24, 2.45) is 11.3 Å². The Labute approximate surface area is 345 Å². The third-order valence-electron chi connectivity index (χ3n) is 9.75. The Morgan fingerprint density at radius 1 is 1.07 bits per heavy atom. The van der Waals surface area contributed by atoms with Crippen molar-refractivity contribution in [3.05, 3.63) is 67.9 Å². The third kappa shape index (κ3) is 19.0. The van der Waals surface area contributed by atoms with Gasteiger partial charge >= 0.3 is 0 Å². The van der Waals surface area contributed by atoms with E-state index in [9.17, 15) is 19.3 Å². The first-order valence-corrected chi connectivity index (χ1v) is 22.4. The van der Waals surface area contributed by atoms with Gasteiger partial charge < -0.3 is 25.5 Å². The van der Waals surface area contributed by atoms with Gasteiger partial charge in [-0.3, -0.25) is 14.2 Å². The lowest BCUT2D eigenvalue weighted by Crippen LogP contribution is -2.53. The molecule has 0 spiro atoms. The van der Waals surface area contributed by atoms with Gasteiger partial charge in [-0.25, -0.2) is 5.09 Å². The highest BCUT2D eigenvalue weighted by Crippen LogP contribution is 2.32. The average Bonchev–Trinajstić information content (AvgIpc) is 4.07. The van der Waals surface area contributed by atoms with Crippen LogP contribution in [0.1, 0.15) is 146 Å². The number of halogens is 1. The minimum absolute atomic E-state index is 0.0864. The SMILES string of the molecule is CC.CC/C(C)=C(\N[C@H](C(=O)N1CCCC1C)C(C)(C)C)S/C=C(\C)C(C)C.CC/C=C(\O)N1Cc2cccc(Cl)c2C1.O=CNC1CC1.O=PNC1CC1. The Morgan fingerprint density at radius 3 is 2.13 bits per heavy atom. The maximum Gasteiger partial charge on any atom is 0.246 e. The van der Waals surface area contributed by atoms with Crippen LogP contribution >= 0.6 is 32.0 Å². The Balaban J connectivity index is 0.000000429. The highest BCUT2D eigenvalue weighted by atomic mass is 35.5. The standard InChI is InChI=1S/C22H40N2OS.C12H14ClNO.C4H7NO.C3H6NOP.C2H6/c1-10-16(4)20(26-14-17(5)15(2)3)23-19(22(7,8)9)21(25)24-13-11-12-18(24)6;1-2-4-12(15)14-7-9-5-3-6-11(13)10(9)8-14;6-3-5-4-1-2-4;5-6-4-3-1-2-3;1-2/h14-15,18-19,23H,10-13H2,1-9H3;3-6,15H,2,7-8H2,1H3;3-4H,1-2H2,(H,5,6);3H,1-2H2,(H,4,5);1-2H3/b17-14+,20-16+;12-4-;;;/t18?,19-;;;;/m1..../s1. The smallest absolute Gasteiger partial charge is 0.246 e. The largest absolute Gasteiger partial charge is 0.495 e. The number of fused-ring (bicyclic) bond motifs is 1. The Morgan fingerprint density at radius 2 is 1.71 bits per heavy atom. The summed E-state index contributed by atoms with van der Waals surface area (Å²) < 4.78 is 9.64. The van der Waals surface area contributed by atoms with Gasteiger partial charge in [0.05, 0.1) is 5.03 Å². The van der Waals surface area contributed by atoms with Crippen LogP contribution in [0.25, 0.3) is 0 Å². The van der Waals surface area contributed by atoms with E-state index in [0.29, 0.717) is 36.5 Å². The number of rotatable bonds is 13. The summed E-state index contributed by atoms with van der Waals surface area (Å²) >= 11 is 7.82. The van der Waals surface area contributed by atoms with Gasteiger partial charge in [0.1, 0.15) is 6.04 Å². The van der Waals surface area contributed by atoms with Gasteiger partial charge in [0, 0.05) is 42.8 Å². The van der Waals surface area contributed by atoms with Crippen LogP contribution in [0.5, 0.6) is 0 Å². The van der Waals surface area contributed by atoms with Crippen molar-refractivity contribution >= 4 is 44.3 Å². The van der Waals surface area contributed by atoms with Crippen LogP contribution in [0.4, 0.5) is 0 Å². The first-order valence-electron chi connectivity index (χ1n) is 20.4. The fourth-order valence-corrected chi connectivity index (χ4v) is 7.17. The molecule has 1 unspecified atom stereocenters. The van der Waals surface area contributed by atoms with Gasteiger partial charge in [0.15, 0.2) is 5.88 Å². The van der Waals surface area contributed by atoms with Crippen LogP contribution in [0.15, 0.2) is 51.7 Å². The van der Waals surface area contributed by atoms with Gasteiger partial charge in [-0.15, -0.1) is 0 Å². The van der Waals surface area contributed by atoms with Crippen LogP contribution in [0, 0.1) is 11.3 Å². The van der Waals surface area contributed by atoms with E-state index < -0.39 is 0 Å². The van der Waals surface area contributed by atoms with E-state index in [2.05, 4.69) is 94.4 Å². The Kier molecular flexibility index (Phi) is 24.2. The van der Waals surface area contributed by atoms with Crippen molar-refractivity contribution in [2.75, 3.05) is 6.54 Å². The van der Waals surface area contributed by atoms with E-state index >= 15 is 0 Å². The molecule has 0 radical (unpaired) electrons. The fourth-order valence-electron chi connectivity index (χ4n) is 5.40. The molecule has 4 aliphatic rings. The predicted molar refractivity (Wildman–Crippen MR) is 235 cm³/mol. The molecule has 312 valence electrons. The number of amides is 2. The number of carbonyl (C=O) groups excluding carboxylic acids is 2. The van der Waals surface area contributed by atoms with Crippen molar-refractivity contribution in [1.82, 2.24) is 25.5 Å². The molecule has 12 heteroatoms. The van der Waals surface area contributed by atoms with E-state index in [1.165, 1.54) is 42.4 Å². The number of aliphatic hydroxyl groups excluding tert-OH is 1. The summed E-state index contributed by atoms with van der Waals surface area (Å²) in [5, 5.41) is 22.9. The molecule has 2 saturated carbocycles. The number of nitrogens with one attached hydrogen (secondary N) is 3. The summed E-state index contributed by atoms with van der Waals surface area (Å²) in [4.78, 5) is 26.9. The summed E-state index contributed by atoms with van der Waals surface area (Å²) in [6.07, 6.45) is 11.4. The summed E-state index contributed by atoms with van der Waals surface area (Å²) in [5.74, 6) is 1.13. The minimum atomic E-state index is -0.209. The molecule has 2 aliphatic carbocycles. The van der Waals surface area contributed by atoms with Crippen molar-refractivity contribution < 1.29 is 19.3 Å². The normalized spacial score (nSPS) is 18.9. The molecule has 9 nitrogen and oxygen atoms in total. The van der Waals surface area contributed by atoms with Crippen molar-refractivity contribution in [1.29, 1.82) is 0 Å². The molecule has 0 bridgehead atoms. The lowest BCUT2D eigenvalue weighted by Gasteiger charge is -2.36. The number of carbonyl (C=O) groups is 2. The molecule has 2 aliphatic heterocycles. The highest BCUT2D eigenvalue weighted by Gasteiger charge is 2.38. The predicted octanol–water partition coefficient (Wildman–Crippen LogP) is 11.3. The molecule has 55 heavy (non-hydrogen) atoms. The number of benzene rings is 1. The number of nitrogens with zero attached hydrogens (tertiary/aromatic N) is 2. The monoisotopic (exact) mass is 821 g/mol. The van der Waals surface area contributed by atoms with E-state index in [-0.39, 0.29) is 26.0 Å². The molecule has 4 N–H and O–H groups in total. The van der Waals surface area contributed by atoms with Crippen molar-refractivity contribution in [3.63, 3.8) is 0 Å². The maximum absolute atomic E-state index is 13.3. The number of hydrogen-bond donors (Lipinski definition) is 4. The van der Waals surface area contributed by atoms with Gasteiger partial charge in [-0.1, -0.05) is 103 Å². The molecule has 5 rings (SSSR count). The average molecular weight is 823 g/mol. The van der Waals surface area contributed by atoms with Crippen LogP contribution < -0.4 is 15.7 Å². The lowest BCUT2D eigenvalue weighted by molar-refractivity contribution is -0.136. The molecule has 1 aromatic rings. The number of aliphatic hydroxyl groups is 1. The second-order valence-corrected chi connectivity index (χ2v) is 17.5. The zero-order valence-electron chi connectivity index (χ0n) is 35.9. The van der Waals surface area contributed by atoms with Gasteiger partial charge in [-0.05, 0) is 118 Å². The third-order valence-corrected chi connectivity index (χ3v) is 11.8. The van der Waals surface area contributed by atoms with Crippen LogP contribution in [0.3, 0.4) is 0 Å². The van der Waals surface area contributed by atoms with E-state index in [1.807, 2.05) is 43.9 Å². The van der Waals surface area contributed by atoms with Gasteiger partial charge in [0.2, 0.25) is 20.9 Å². The molecule has 2 heterocycles. The van der Waals surface area contributed by atoms with E-state index in [0.717, 1.165) is 60.8 Å². The van der Waals surface area contributed by atoms with Crippen LogP contribution in [-0.2, 0) is 27.2 Å². The van der Waals surface area contributed by atoms with Gasteiger partial charge in [0.25, 0.3) is 0 Å². The lowest BCUT2D eigenvalue weighted by atomic mass is 9.85. The molecule has 3 fully saturated rings. The molecular weight excluding hydrogens is 749 g/mol. The fraction of sp³-hybridized carbons (Fsp3) is 0.674. The van der Waals surface area contributed by atoms with E-state index in [1.54, 1.807) is 11.8 Å². The number of likely N-dealkylation sites (tertiary alicyclic amines) is 1. The second-order valence-electron chi connectivity index (χ2n) is 15.8.